The van der Waals surface area contributed by atoms with Crippen molar-refractivity contribution < 1.29 is 23.1 Å². The minimum absolute atomic E-state index is 0.0498. The Balaban J connectivity index is 2.00. The highest BCUT2D eigenvalue weighted by Gasteiger charge is 2.22. The minimum atomic E-state index is -1.12. The van der Waals surface area contributed by atoms with Crippen molar-refractivity contribution in [1.82, 2.24) is 0 Å². The summed E-state index contributed by atoms with van der Waals surface area (Å²) in [6, 6.07) is 10.0. The van der Waals surface area contributed by atoms with Gasteiger partial charge in [-0.2, -0.15) is 0 Å². The van der Waals surface area contributed by atoms with Crippen LogP contribution in [-0.4, -0.2) is 18.5 Å². The lowest BCUT2D eigenvalue weighted by atomic mass is 10.1. The maximum Gasteiger partial charge on any atom is 0.341 e. The standard InChI is InChI=1S/C18H13F2NO3S/c1-2-24-18(23)15-11-5-3-4-6-14(11)25-17(15)21-16(22)10-7-8-12(19)13(20)9-10/h3-9H,2H2,1H3,(H,21,22). The van der Waals surface area contributed by atoms with Crippen molar-refractivity contribution in [2.45, 2.75) is 6.92 Å². The number of anilines is 1. The molecule has 1 heterocycles. The van der Waals surface area contributed by atoms with Gasteiger partial charge < -0.3 is 10.1 Å². The topological polar surface area (TPSA) is 55.4 Å². The van der Waals surface area contributed by atoms with E-state index in [-0.39, 0.29) is 17.7 Å². The van der Waals surface area contributed by atoms with Crippen LogP contribution in [0.2, 0.25) is 0 Å². The highest BCUT2D eigenvalue weighted by molar-refractivity contribution is 7.23. The first-order valence-electron chi connectivity index (χ1n) is 7.46. The average Bonchev–Trinajstić information content (AvgIpc) is 2.95. The van der Waals surface area contributed by atoms with Gasteiger partial charge in [-0.1, -0.05) is 18.2 Å². The first kappa shape index (κ1) is 17.0. The number of benzene rings is 2. The van der Waals surface area contributed by atoms with Crippen LogP contribution < -0.4 is 5.32 Å². The van der Waals surface area contributed by atoms with Gasteiger partial charge in [-0.15, -0.1) is 11.3 Å². The van der Waals surface area contributed by atoms with Gasteiger partial charge >= 0.3 is 5.97 Å². The van der Waals surface area contributed by atoms with E-state index in [9.17, 15) is 18.4 Å². The Bertz CT molecular complexity index is 968. The highest BCUT2D eigenvalue weighted by Crippen LogP contribution is 2.36. The summed E-state index contributed by atoms with van der Waals surface area (Å²) in [5, 5.41) is 3.55. The molecule has 128 valence electrons. The second-order valence-corrected chi connectivity index (χ2v) is 6.16. The largest absolute Gasteiger partial charge is 0.462 e. The van der Waals surface area contributed by atoms with Crippen LogP contribution in [0.25, 0.3) is 10.1 Å². The molecule has 0 spiro atoms. The molecule has 0 unspecified atom stereocenters. The molecule has 3 aromatic rings. The summed E-state index contributed by atoms with van der Waals surface area (Å²) in [5.74, 6) is -3.35. The number of halogens is 2. The zero-order chi connectivity index (χ0) is 18.0. The Hall–Kier alpha value is -2.80. The predicted molar refractivity (Wildman–Crippen MR) is 92.1 cm³/mol. The number of amides is 1. The zero-order valence-electron chi connectivity index (χ0n) is 13.1. The summed E-state index contributed by atoms with van der Waals surface area (Å²) in [6.07, 6.45) is 0. The number of thiophene rings is 1. The quantitative estimate of drug-likeness (QED) is 0.691. The van der Waals surface area contributed by atoms with Gasteiger partial charge in [0, 0.05) is 15.6 Å². The summed E-state index contributed by atoms with van der Waals surface area (Å²) in [7, 11) is 0. The van der Waals surface area contributed by atoms with E-state index in [0.717, 1.165) is 16.8 Å². The number of carbonyl (C=O) groups excluding carboxylic acids is 2. The van der Waals surface area contributed by atoms with Crippen LogP contribution in [0.4, 0.5) is 13.8 Å². The molecule has 0 aliphatic rings. The summed E-state index contributed by atoms with van der Waals surface area (Å²) in [4.78, 5) is 24.6. The zero-order valence-corrected chi connectivity index (χ0v) is 14.0. The van der Waals surface area contributed by atoms with E-state index >= 15 is 0 Å². The van der Waals surface area contributed by atoms with Crippen molar-refractivity contribution in [3.8, 4) is 0 Å². The summed E-state index contributed by atoms with van der Waals surface area (Å²) < 4.78 is 32.2. The molecule has 0 aliphatic carbocycles. The third-order valence-corrected chi connectivity index (χ3v) is 4.57. The second kappa shape index (κ2) is 6.98. The molecule has 0 atom stereocenters. The lowest BCUT2D eigenvalue weighted by Crippen LogP contribution is -2.14. The fraction of sp³-hybridized carbons (Fsp3) is 0.111. The van der Waals surface area contributed by atoms with E-state index in [1.54, 1.807) is 19.1 Å². The first-order valence-corrected chi connectivity index (χ1v) is 8.28. The van der Waals surface area contributed by atoms with Gasteiger partial charge in [0.05, 0.1) is 6.61 Å². The third-order valence-electron chi connectivity index (χ3n) is 3.48. The number of hydrogen-bond donors (Lipinski definition) is 1. The van der Waals surface area contributed by atoms with E-state index in [4.69, 9.17) is 4.74 Å². The normalized spacial score (nSPS) is 10.7. The number of fused-ring (bicyclic) bond motifs is 1. The van der Waals surface area contributed by atoms with Gasteiger partial charge in [0.25, 0.3) is 5.91 Å². The summed E-state index contributed by atoms with van der Waals surface area (Å²) in [6.45, 7) is 1.88. The van der Waals surface area contributed by atoms with Crippen LogP contribution in [0, 0.1) is 11.6 Å². The van der Waals surface area contributed by atoms with E-state index in [2.05, 4.69) is 5.32 Å². The second-order valence-electron chi connectivity index (χ2n) is 5.11. The minimum Gasteiger partial charge on any atom is -0.462 e. The molecule has 0 saturated heterocycles. The van der Waals surface area contributed by atoms with Gasteiger partial charge in [0.15, 0.2) is 11.6 Å². The fourth-order valence-corrected chi connectivity index (χ4v) is 3.44. The van der Waals surface area contributed by atoms with Crippen LogP contribution in [0.15, 0.2) is 42.5 Å². The molecular weight excluding hydrogens is 348 g/mol. The first-order chi connectivity index (χ1) is 12.0. The summed E-state index contributed by atoms with van der Waals surface area (Å²) in [5.41, 5.74) is 0.199. The number of rotatable bonds is 4. The molecule has 1 amide bonds. The average molecular weight is 361 g/mol. The predicted octanol–water partition coefficient (Wildman–Crippen LogP) is 4.61. The highest BCUT2D eigenvalue weighted by atomic mass is 32.1. The number of nitrogens with one attached hydrogen (secondary N) is 1. The lowest BCUT2D eigenvalue weighted by molar-refractivity contribution is 0.0530. The number of esters is 1. The number of ether oxygens (including phenoxy) is 1. The van der Waals surface area contributed by atoms with Crippen molar-refractivity contribution in [3.05, 3.63) is 65.2 Å². The molecule has 7 heteroatoms. The SMILES string of the molecule is CCOC(=O)c1c(NC(=O)c2ccc(F)c(F)c2)sc2ccccc12. The molecule has 1 N–H and O–H groups in total. The molecule has 0 bridgehead atoms. The van der Waals surface area contributed by atoms with Crippen LogP contribution in [0.3, 0.4) is 0 Å². The molecule has 2 aromatic carbocycles. The molecule has 0 radical (unpaired) electrons. The van der Waals surface area contributed by atoms with E-state index in [1.807, 2.05) is 12.1 Å². The Morgan fingerprint density at radius 1 is 1.12 bits per heavy atom. The smallest absolute Gasteiger partial charge is 0.341 e. The van der Waals surface area contributed by atoms with E-state index < -0.39 is 23.5 Å². The van der Waals surface area contributed by atoms with Crippen molar-refractivity contribution in [2.75, 3.05) is 11.9 Å². The maximum atomic E-state index is 13.3. The molecule has 0 aliphatic heterocycles. The van der Waals surface area contributed by atoms with Crippen LogP contribution >= 0.6 is 11.3 Å². The van der Waals surface area contributed by atoms with E-state index in [1.165, 1.54) is 17.4 Å². The maximum absolute atomic E-state index is 13.3. The molecule has 3 rings (SSSR count). The van der Waals surface area contributed by atoms with Gasteiger partial charge in [-0.3, -0.25) is 4.79 Å². The Morgan fingerprint density at radius 3 is 2.60 bits per heavy atom. The van der Waals surface area contributed by atoms with E-state index in [0.29, 0.717) is 10.4 Å². The van der Waals surface area contributed by atoms with Gasteiger partial charge in [-0.25, -0.2) is 13.6 Å². The van der Waals surface area contributed by atoms with Crippen molar-refractivity contribution in [2.24, 2.45) is 0 Å². The Kier molecular flexibility index (Phi) is 4.76. The number of hydrogen-bond acceptors (Lipinski definition) is 4. The lowest BCUT2D eigenvalue weighted by Gasteiger charge is -2.07. The van der Waals surface area contributed by atoms with Crippen molar-refractivity contribution in [1.29, 1.82) is 0 Å². The Labute approximate surface area is 146 Å². The van der Waals surface area contributed by atoms with Gasteiger partial charge in [0.2, 0.25) is 0 Å². The summed E-state index contributed by atoms with van der Waals surface area (Å²) >= 11 is 1.21. The molecular formula is C18H13F2NO3S. The third kappa shape index (κ3) is 3.36. The van der Waals surface area contributed by atoms with Crippen molar-refractivity contribution in [3.63, 3.8) is 0 Å². The number of carbonyl (C=O) groups is 2. The Morgan fingerprint density at radius 2 is 1.88 bits per heavy atom. The molecule has 0 fully saturated rings. The molecule has 25 heavy (non-hydrogen) atoms. The van der Waals surface area contributed by atoms with Crippen molar-refractivity contribution >= 4 is 38.3 Å². The van der Waals surface area contributed by atoms with Crippen LogP contribution in [0.5, 0.6) is 0 Å². The fourth-order valence-electron chi connectivity index (χ4n) is 2.35. The van der Waals surface area contributed by atoms with Gasteiger partial charge in [-0.05, 0) is 31.2 Å². The van der Waals surface area contributed by atoms with Crippen LogP contribution in [0.1, 0.15) is 27.6 Å². The van der Waals surface area contributed by atoms with Gasteiger partial charge in [0.1, 0.15) is 10.6 Å². The monoisotopic (exact) mass is 361 g/mol. The van der Waals surface area contributed by atoms with Crippen LogP contribution in [-0.2, 0) is 4.74 Å². The molecule has 1 aromatic heterocycles. The molecule has 4 nitrogen and oxygen atoms in total. The molecule has 0 saturated carbocycles.